The maximum absolute atomic E-state index is 13.1. The molecule has 4 rings (SSSR count). The lowest BCUT2D eigenvalue weighted by molar-refractivity contribution is -0.113. The Bertz CT molecular complexity index is 1410. The summed E-state index contributed by atoms with van der Waals surface area (Å²) < 4.78 is 0. The summed E-state index contributed by atoms with van der Waals surface area (Å²) in [4.78, 5) is 43.1. The molecule has 2 amide bonds. The Balaban J connectivity index is 1.42. The Morgan fingerprint density at radius 1 is 0.838 bits per heavy atom. The zero-order chi connectivity index (χ0) is 26.0. The molecule has 0 aliphatic heterocycles. The first kappa shape index (κ1) is 25.9. The third-order valence-electron chi connectivity index (χ3n) is 5.17. The predicted molar refractivity (Wildman–Crippen MR) is 148 cm³/mol. The molecule has 0 radical (unpaired) electrons. The molecule has 0 aliphatic rings. The summed E-state index contributed by atoms with van der Waals surface area (Å²) in [5.74, 6) is -0.607. The highest BCUT2D eigenvalue weighted by Crippen LogP contribution is 2.22. The van der Waals surface area contributed by atoms with E-state index in [4.69, 9.17) is 11.6 Å². The number of carbonyl (C=O) groups is 3. The molecule has 0 saturated carbocycles. The number of carbonyl (C=O) groups excluding carboxylic acids is 3. The Kier molecular flexibility index (Phi) is 8.86. The van der Waals surface area contributed by atoms with E-state index in [-0.39, 0.29) is 17.2 Å². The van der Waals surface area contributed by atoms with Crippen molar-refractivity contribution in [2.45, 2.75) is 4.90 Å². The number of nitrogens with zero attached hydrogens (tertiary/aromatic N) is 1. The molecule has 1 aromatic heterocycles. The second-order valence-corrected chi connectivity index (χ2v) is 9.35. The molecule has 0 unspecified atom stereocenters. The van der Waals surface area contributed by atoms with Crippen LogP contribution in [0.4, 0.5) is 5.69 Å². The summed E-state index contributed by atoms with van der Waals surface area (Å²) in [5, 5.41) is 6.09. The van der Waals surface area contributed by atoms with E-state index in [2.05, 4.69) is 15.6 Å². The maximum atomic E-state index is 13.1. The molecule has 0 spiro atoms. The van der Waals surface area contributed by atoms with Crippen LogP contribution in [0, 0.1) is 0 Å². The van der Waals surface area contributed by atoms with Crippen molar-refractivity contribution >= 4 is 52.7 Å². The summed E-state index contributed by atoms with van der Waals surface area (Å²) in [7, 11) is 0. The topological polar surface area (TPSA) is 88.2 Å². The molecular formula is C29H22ClN3O3S. The van der Waals surface area contributed by atoms with Crippen molar-refractivity contribution in [3.8, 4) is 0 Å². The van der Waals surface area contributed by atoms with Crippen LogP contribution >= 0.6 is 23.4 Å². The fourth-order valence-corrected chi connectivity index (χ4v) is 4.19. The molecule has 0 bridgehead atoms. The van der Waals surface area contributed by atoms with Crippen molar-refractivity contribution in [2.75, 3.05) is 11.1 Å². The number of halogens is 1. The van der Waals surface area contributed by atoms with Gasteiger partial charge in [-0.1, -0.05) is 35.9 Å². The van der Waals surface area contributed by atoms with Gasteiger partial charge in [-0.3, -0.25) is 19.4 Å². The number of ketones is 1. The first-order chi connectivity index (χ1) is 18.0. The van der Waals surface area contributed by atoms with Crippen LogP contribution in [0.15, 0.2) is 114 Å². The van der Waals surface area contributed by atoms with E-state index in [1.54, 1.807) is 91.3 Å². The van der Waals surface area contributed by atoms with Crippen LogP contribution < -0.4 is 10.6 Å². The number of nitrogens with one attached hydrogen (secondary N) is 2. The van der Waals surface area contributed by atoms with Crippen molar-refractivity contribution in [3.05, 3.63) is 131 Å². The number of benzene rings is 3. The average molecular weight is 528 g/mol. The molecule has 0 aliphatic carbocycles. The highest BCUT2D eigenvalue weighted by atomic mass is 35.5. The molecule has 3 aromatic carbocycles. The van der Waals surface area contributed by atoms with Crippen molar-refractivity contribution in [3.63, 3.8) is 0 Å². The minimum atomic E-state index is -0.480. The molecule has 8 heteroatoms. The smallest absolute Gasteiger partial charge is 0.272 e. The lowest BCUT2D eigenvalue weighted by Gasteiger charge is -2.12. The molecule has 0 atom stereocenters. The number of thioether (sulfide) groups is 1. The van der Waals surface area contributed by atoms with Gasteiger partial charge in [-0.15, -0.1) is 11.8 Å². The van der Waals surface area contributed by atoms with Crippen molar-refractivity contribution in [1.29, 1.82) is 0 Å². The largest absolute Gasteiger partial charge is 0.321 e. The number of amides is 2. The standard InChI is InChI=1S/C29H22ClN3O3S/c30-23-10-8-21(9-11-23)27(34)19-37-25-14-12-24(13-15-25)32-29(36)26(17-20-5-4-16-31-18-20)33-28(35)22-6-2-1-3-7-22/h1-18H,19H2,(H,32,36)(H,33,35)/b26-17-. The first-order valence-electron chi connectivity index (χ1n) is 11.3. The van der Waals surface area contributed by atoms with E-state index in [0.29, 0.717) is 27.4 Å². The van der Waals surface area contributed by atoms with Crippen LogP contribution in [-0.2, 0) is 4.79 Å². The minimum Gasteiger partial charge on any atom is -0.321 e. The molecule has 2 N–H and O–H groups in total. The third kappa shape index (κ3) is 7.64. The van der Waals surface area contributed by atoms with Gasteiger partial charge in [-0.25, -0.2) is 0 Å². The molecule has 4 aromatic rings. The molecule has 37 heavy (non-hydrogen) atoms. The number of hydrogen-bond donors (Lipinski definition) is 2. The van der Waals surface area contributed by atoms with Crippen molar-refractivity contribution in [1.82, 2.24) is 10.3 Å². The Morgan fingerprint density at radius 2 is 1.57 bits per heavy atom. The Morgan fingerprint density at radius 3 is 2.24 bits per heavy atom. The second-order valence-electron chi connectivity index (χ2n) is 7.86. The maximum Gasteiger partial charge on any atom is 0.272 e. The summed E-state index contributed by atoms with van der Waals surface area (Å²) in [6.07, 6.45) is 4.79. The van der Waals surface area contributed by atoms with Gasteiger partial charge in [-0.2, -0.15) is 0 Å². The summed E-state index contributed by atoms with van der Waals surface area (Å²) >= 11 is 7.28. The quantitative estimate of drug-likeness (QED) is 0.155. The van der Waals surface area contributed by atoms with E-state index in [1.807, 2.05) is 18.2 Å². The summed E-state index contributed by atoms with van der Waals surface area (Å²) in [6.45, 7) is 0. The lowest BCUT2D eigenvalue weighted by Crippen LogP contribution is -2.30. The van der Waals surface area contributed by atoms with E-state index in [1.165, 1.54) is 11.8 Å². The zero-order valence-electron chi connectivity index (χ0n) is 19.6. The molecule has 1 heterocycles. The van der Waals surface area contributed by atoms with Gasteiger partial charge in [0.05, 0.1) is 5.75 Å². The molecule has 6 nitrogen and oxygen atoms in total. The fraction of sp³-hybridized carbons (Fsp3) is 0.0345. The van der Waals surface area contributed by atoms with Crippen LogP contribution in [0.25, 0.3) is 6.08 Å². The Labute approximate surface area is 223 Å². The van der Waals surface area contributed by atoms with Gasteiger partial charge in [0.2, 0.25) is 0 Å². The minimum absolute atomic E-state index is 0.00150. The van der Waals surface area contributed by atoms with Crippen LogP contribution in [0.2, 0.25) is 5.02 Å². The molecule has 184 valence electrons. The molecule has 0 saturated heterocycles. The monoisotopic (exact) mass is 527 g/mol. The molecular weight excluding hydrogens is 506 g/mol. The number of Topliss-reactive ketones (excluding diaryl/α,β-unsaturated/α-hetero) is 1. The van der Waals surface area contributed by atoms with Crippen LogP contribution in [0.3, 0.4) is 0 Å². The fourth-order valence-electron chi connectivity index (χ4n) is 3.27. The van der Waals surface area contributed by atoms with Crippen molar-refractivity contribution in [2.24, 2.45) is 0 Å². The average Bonchev–Trinajstić information content (AvgIpc) is 2.93. The van der Waals surface area contributed by atoms with Gasteiger partial charge in [0.25, 0.3) is 11.8 Å². The first-order valence-corrected chi connectivity index (χ1v) is 12.7. The van der Waals surface area contributed by atoms with E-state index < -0.39 is 11.8 Å². The highest BCUT2D eigenvalue weighted by Gasteiger charge is 2.15. The van der Waals surface area contributed by atoms with Crippen LogP contribution in [0.1, 0.15) is 26.3 Å². The van der Waals surface area contributed by atoms with E-state index in [0.717, 1.165) is 4.90 Å². The Hall–Kier alpha value is -4.20. The number of rotatable bonds is 9. The summed E-state index contributed by atoms with van der Waals surface area (Å²) in [5.41, 5.74) is 2.32. The van der Waals surface area contributed by atoms with E-state index in [9.17, 15) is 14.4 Å². The van der Waals surface area contributed by atoms with Gasteiger partial charge in [0.1, 0.15) is 5.70 Å². The van der Waals surface area contributed by atoms with Gasteiger partial charge < -0.3 is 10.6 Å². The highest BCUT2D eigenvalue weighted by molar-refractivity contribution is 8.00. The SMILES string of the molecule is O=C(Nc1ccc(SCC(=O)c2ccc(Cl)cc2)cc1)/C(=C/c1cccnc1)NC(=O)c1ccccc1. The molecule has 0 fully saturated rings. The van der Waals surface area contributed by atoms with Crippen molar-refractivity contribution < 1.29 is 14.4 Å². The third-order valence-corrected chi connectivity index (χ3v) is 6.44. The van der Waals surface area contributed by atoms with Gasteiger partial charge in [0, 0.05) is 39.1 Å². The van der Waals surface area contributed by atoms with Crippen LogP contribution in [-0.4, -0.2) is 28.3 Å². The number of hydrogen-bond acceptors (Lipinski definition) is 5. The summed E-state index contributed by atoms with van der Waals surface area (Å²) in [6, 6.07) is 26.1. The normalized spacial score (nSPS) is 11.0. The number of anilines is 1. The number of aromatic nitrogens is 1. The zero-order valence-corrected chi connectivity index (χ0v) is 21.1. The number of pyridine rings is 1. The second kappa shape index (κ2) is 12.7. The van der Waals surface area contributed by atoms with Gasteiger partial charge >= 0.3 is 0 Å². The predicted octanol–water partition coefficient (Wildman–Crippen LogP) is 6.12. The van der Waals surface area contributed by atoms with Gasteiger partial charge in [-0.05, 0) is 78.4 Å². The van der Waals surface area contributed by atoms with Crippen LogP contribution in [0.5, 0.6) is 0 Å². The lowest BCUT2D eigenvalue weighted by atomic mass is 10.1. The van der Waals surface area contributed by atoms with Gasteiger partial charge in [0.15, 0.2) is 5.78 Å². The van der Waals surface area contributed by atoms with E-state index >= 15 is 0 Å².